The molecule has 0 bridgehead atoms. The van der Waals surface area contributed by atoms with Gasteiger partial charge in [0.05, 0.1) is 6.04 Å². The molecule has 1 aliphatic heterocycles. The van der Waals surface area contributed by atoms with Crippen LogP contribution in [0.25, 0.3) is 10.7 Å². The second-order valence-electron chi connectivity index (χ2n) is 7.57. The molecule has 0 radical (unpaired) electrons. The first-order chi connectivity index (χ1) is 15.5. The van der Waals surface area contributed by atoms with Gasteiger partial charge in [0.2, 0.25) is 5.13 Å². The number of nitrogens with zero attached hydrogens (tertiary/aromatic N) is 5. The number of halogens is 1. The molecule has 2 aromatic heterocycles. The predicted octanol–water partition coefficient (Wildman–Crippen LogP) is 3.76. The molecule has 2 amide bonds. The van der Waals surface area contributed by atoms with Crippen molar-refractivity contribution in [2.24, 2.45) is 0 Å². The smallest absolute Gasteiger partial charge is 0.321 e. The van der Waals surface area contributed by atoms with Crippen molar-refractivity contribution < 1.29 is 9.18 Å². The Kier molecular flexibility index (Phi) is 6.91. The predicted molar refractivity (Wildman–Crippen MR) is 124 cm³/mol. The number of amides is 2. The molecule has 1 fully saturated rings. The molecule has 1 atom stereocenters. The number of benzene rings is 1. The van der Waals surface area contributed by atoms with Gasteiger partial charge in [0.25, 0.3) is 0 Å². The summed E-state index contributed by atoms with van der Waals surface area (Å²) in [6.07, 6.45) is 1.68. The molecule has 2 N–H and O–H groups in total. The van der Waals surface area contributed by atoms with Gasteiger partial charge in [0.1, 0.15) is 11.5 Å². The second-order valence-corrected chi connectivity index (χ2v) is 8.55. The van der Waals surface area contributed by atoms with E-state index in [1.165, 1.54) is 23.5 Å². The van der Waals surface area contributed by atoms with E-state index in [2.05, 4.69) is 42.5 Å². The zero-order valence-electron chi connectivity index (χ0n) is 18.1. The van der Waals surface area contributed by atoms with E-state index >= 15 is 0 Å². The summed E-state index contributed by atoms with van der Waals surface area (Å²) in [6.45, 7) is 8.69. The minimum Gasteiger partial charge on any atom is -0.369 e. The lowest BCUT2D eigenvalue weighted by atomic mass is 10.0. The average molecular weight is 456 g/mol. The van der Waals surface area contributed by atoms with Crippen molar-refractivity contribution in [2.75, 3.05) is 42.9 Å². The third kappa shape index (κ3) is 5.20. The summed E-state index contributed by atoms with van der Waals surface area (Å²) in [4.78, 5) is 21.5. The molecule has 3 heterocycles. The lowest BCUT2D eigenvalue weighted by molar-refractivity contribution is 0.249. The number of pyridine rings is 1. The fourth-order valence-electron chi connectivity index (χ4n) is 3.74. The van der Waals surface area contributed by atoms with Crippen molar-refractivity contribution in [1.82, 2.24) is 25.4 Å². The van der Waals surface area contributed by atoms with Crippen molar-refractivity contribution in [3.63, 3.8) is 0 Å². The Bertz CT molecular complexity index is 1050. The molecule has 1 aromatic carbocycles. The highest BCUT2D eigenvalue weighted by Crippen LogP contribution is 2.29. The van der Waals surface area contributed by atoms with E-state index in [1.807, 2.05) is 25.1 Å². The number of rotatable bonds is 6. The van der Waals surface area contributed by atoms with Crippen LogP contribution in [-0.4, -0.2) is 58.8 Å². The number of carbonyl (C=O) groups excluding carboxylic acids is 1. The van der Waals surface area contributed by atoms with Crippen LogP contribution in [0.5, 0.6) is 0 Å². The Hall–Kier alpha value is -3.11. The van der Waals surface area contributed by atoms with E-state index in [0.29, 0.717) is 15.8 Å². The molecule has 3 aromatic rings. The Morgan fingerprint density at radius 1 is 1.19 bits per heavy atom. The number of hydrogen-bond donors (Lipinski definition) is 2. The van der Waals surface area contributed by atoms with Gasteiger partial charge in [-0.3, -0.25) is 10.3 Å². The molecule has 1 unspecified atom stereocenters. The van der Waals surface area contributed by atoms with Crippen molar-refractivity contribution >= 4 is 28.2 Å². The molecule has 10 heteroatoms. The van der Waals surface area contributed by atoms with E-state index in [-0.39, 0.29) is 5.82 Å². The van der Waals surface area contributed by atoms with Gasteiger partial charge < -0.3 is 15.1 Å². The van der Waals surface area contributed by atoms with Crippen molar-refractivity contribution in [1.29, 1.82) is 0 Å². The molecule has 0 aliphatic carbocycles. The van der Waals surface area contributed by atoms with Crippen LogP contribution in [0, 0.1) is 5.82 Å². The van der Waals surface area contributed by atoms with Crippen LogP contribution in [0.3, 0.4) is 0 Å². The number of nitrogens with one attached hydrogen (secondary N) is 2. The second kappa shape index (κ2) is 10.0. The summed E-state index contributed by atoms with van der Waals surface area (Å²) in [6, 6.07) is 9.46. The Morgan fingerprint density at radius 3 is 2.72 bits per heavy atom. The maximum Gasteiger partial charge on any atom is 0.321 e. The number of aromatic nitrogens is 3. The molecule has 1 saturated heterocycles. The minimum atomic E-state index is -0.424. The normalized spacial score (nSPS) is 15.4. The van der Waals surface area contributed by atoms with E-state index in [9.17, 15) is 9.18 Å². The fourth-order valence-corrected chi connectivity index (χ4v) is 4.45. The van der Waals surface area contributed by atoms with E-state index in [0.717, 1.165) is 44.0 Å². The summed E-state index contributed by atoms with van der Waals surface area (Å²) < 4.78 is 14.1. The van der Waals surface area contributed by atoms with E-state index < -0.39 is 12.1 Å². The highest BCUT2D eigenvalue weighted by Gasteiger charge is 2.22. The topological polar surface area (TPSA) is 86.3 Å². The molecule has 168 valence electrons. The number of carbonyl (C=O) groups is 1. The molecule has 1 aliphatic rings. The quantitative estimate of drug-likeness (QED) is 0.589. The summed E-state index contributed by atoms with van der Waals surface area (Å²) in [7, 11) is 0. The van der Waals surface area contributed by atoms with Gasteiger partial charge in [-0.1, -0.05) is 24.3 Å². The summed E-state index contributed by atoms with van der Waals surface area (Å²) >= 11 is 1.24. The van der Waals surface area contributed by atoms with Crippen LogP contribution in [0.2, 0.25) is 0 Å². The molecule has 32 heavy (non-hydrogen) atoms. The van der Waals surface area contributed by atoms with Crippen LogP contribution in [0.1, 0.15) is 25.5 Å². The van der Waals surface area contributed by atoms with Crippen LogP contribution in [0.15, 0.2) is 42.6 Å². The summed E-state index contributed by atoms with van der Waals surface area (Å²) in [5, 5.41) is 14.7. The van der Waals surface area contributed by atoms with Gasteiger partial charge in [-0.25, -0.2) is 9.18 Å². The first-order valence-corrected chi connectivity index (χ1v) is 11.4. The van der Waals surface area contributed by atoms with Gasteiger partial charge in [0.15, 0.2) is 5.01 Å². The van der Waals surface area contributed by atoms with Gasteiger partial charge in [0, 0.05) is 43.6 Å². The summed E-state index contributed by atoms with van der Waals surface area (Å²) in [5.41, 5.74) is 2.39. The SMILES string of the molecule is CCN1CCN(c2ccc(F)cc2C(C)NC(=O)Nc2nnc(-c3ccccn3)s2)CC1. The van der Waals surface area contributed by atoms with Crippen molar-refractivity contribution in [2.45, 2.75) is 19.9 Å². The number of piperazine rings is 1. The Labute approximate surface area is 190 Å². The molecule has 0 spiro atoms. The highest BCUT2D eigenvalue weighted by molar-refractivity contribution is 7.18. The van der Waals surface area contributed by atoms with Gasteiger partial charge in [-0.2, -0.15) is 0 Å². The van der Waals surface area contributed by atoms with Crippen LogP contribution >= 0.6 is 11.3 Å². The third-order valence-electron chi connectivity index (χ3n) is 5.49. The molecule has 4 rings (SSSR count). The molecular formula is C22H26FN7OS. The fraction of sp³-hybridized carbons (Fsp3) is 0.364. The molecule has 8 nitrogen and oxygen atoms in total. The van der Waals surface area contributed by atoms with Crippen molar-refractivity contribution in [3.05, 3.63) is 54.0 Å². The average Bonchev–Trinajstić information content (AvgIpc) is 3.28. The minimum absolute atomic E-state index is 0.325. The van der Waals surface area contributed by atoms with Gasteiger partial charge in [-0.05, 0) is 43.8 Å². The van der Waals surface area contributed by atoms with Crippen LogP contribution in [0.4, 0.5) is 20.0 Å². The van der Waals surface area contributed by atoms with Gasteiger partial charge >= 0.3 is 6.03 Å². The highest BCUT2D eigenvalue weighted by atomic mass is 32.1. The number of likely N-dealkylation sites (N-methyl/N-ethyl adjacent to an activating group) is 1. The van der Waals surface area contributed by atoms with Gasteiger partial charge in [-0.15, -0.1) is 10.2 Å². The Balaban J connectivity index is 1.42. The van der Waals surface area contributed by atoms with Crippen molar-refractivity contribution in [3.8, 4) is 10.7 Å². The molecule has 0 saturated carbocycles. The first-order valence-electron chi connectivity index (χ1n) is 10.6. The number of urea groups is 1. The third-order valence-corrected chi connectivity index (χ3v) is 6.35. The largest absolute Gasteiger partial charge is 0.369 e. The van der Waals surface area contributed by atoms with E-state index in [4.69, 9.17) is 0 Å². The standard InChI is InChI=1S/C22H26FN7OS/c1-3-29-10-12-30(13-11-29)19-8-7-16(23)14-17(19)15(2)25-21(31)26-22-28-27-20(32-22)18-6-4-5-9-24-18/h4-9,14-15H,3,10-13H2,1-2H3,(H2,25,26,28,31). The van der Waals surface area contributed by atoms with E-state index in [1.54, 1.807) is 12.3 Å². The maximum atomic E-state index is 14.1. The van der Waals surface area contributed by atoms with Crippen LogP contribution in [-0.2, 0) is 0 Å². The Morgan fingerprint density at radius 2 is 2.00 bits per heavy atom. The zero-order valence-corrected chi connectivity index (χ0v) is 18.9. The lowest BCUT2D eigenvalue weighted by Gasteiger charge is -2.37. The molecular weight excluding hydrogens is 429 g/mol. The number of anilines is 2. The summed E-state index contributed by atoms with van der Waals surface area (Å²) in [5.74, 6) is -0.325. The lowest BCUT2D eigenvalue weighted by Crippen LogP contribution is -2.46. The first kappa shape index (κ1) is 22.1. The number of hydrogen-bond acceptors (Lipinski definition) is 7. The van der Waals surface area contributed by atoms with Crippen LogP contribution < -0.4 is 15.5 Å². The monoisotopic (exact) mass is 455 g/mol. The zero-order chi connectivity index (χ0) is 22.5. The maximum absolute atomic E-state index is 14.1.